The lowest BCUT2D eigenvalue weighted by atomic mass is 9.81. The standard InChI is InChI=1S/C19H14O5/c1-3-6-11-9-14(21)15-16(19(11)24-10(2)20)18(23)13-8-5-4-7-12(13)17(15)22/h3-5,7-9,21H,1,6H2,2H3. The monoisotopic (exact) mass is 322 g/mol. The molecule has 0 amide bonds. The molecule has 1 aliphatic rings. The van der Waals surface area contributed by atoms with Crippen molar-refractivity contribution in [2.24, 2.45) is 0 Å². The van der Waals surface area contributed by atoms with Gasteiger partial charge in [-0.3, -0.25) is 14.4 Å². The van der Waals surface area contributed by atoms with E-state index in [0.717, 1.165) is 0 Å². The van der Waals surface area contributed by atoms with Crippen LogP contribution in [0.15, 0.2) is 43.0 Å². The molecule has 2 aromatic carbocycles. The molecule has 1 N–H and O–H groups in total. The molecule has 0 atom stereocenters. The van der Waals surface area contributed by atoms with Crippen LogP contribution in [0.5, 0.6) is 11.5 Å². The van der Waals surface area contributed by atoms with Crippen molar-refractivity contribution >= 4 is 17.5 Å². The summed E-state index contributed by atoms with van der Waals surface area (Å²) in [5.74, 6) is -1.87. The Morgan fingerprint density at radius 2 is 1.75 bits per heavy atom. The summed E-state index contributed by atoms with van der Waals surface area (Å²) in [6.07, 6.45) is 1.82. The third kappa shape index (κ3) is 2.31. The second kappa shape index (κ2) is 5.77. The molecule has 24 heavy (non-hydrogen) atoms. The second-order valence-corrected chi connectivity index (χ2v) is 5.42. The van der Waals surface area contributed by atoms with Gasteiger partial charge in [0.25, 0.3) is 0 Å². The van der Waals surface area contributed by atoms with Crippen LogP contribution in [0.2, 0.25) is 0 Å². The van der Waals surface area contributed by atoms with Gasteiger partial charge in [-0.1, -0.05) is 30.3 Å². The number of rotatable bonds is 3. The van der Waals surface area contributed by atoms with E-state index in [9.17, 15) is 19.5 Å². The van der Waals surface area contributed by atoms with Gasteiger partial charge in [-0.05, 0) is 12.5 Å². The van der Waals surface area contributed by atoms with Crippen LogP contribution in [-0.2, 0) is 11.2 Å². The number of ketones is 2. The first kappa shape index (κ1) is 15.7. The number of esters is 1. The number of ether oxygens (including phenoxy) is 1. The van der Waals surface area contributed by atoms with E-state index in [0.29, 0.717) is 5.56 Å². The van der Waals surface area contributed by atoms with Crippen molar-refractivity contribution in [3.63, 3.8) is 0 Å². The van der Waals surface area contributed by atoms with Crippen LogP contribution in [0.4, 0.5) is 0 Å². The Kier molecular flexibility index (Phi) is 3.77. The van der Waals surface area contributed by atoms with Gasteiger partial charge < -0.3 is 9.84 Å². The highest BCUT2D eigenvalue weighted by Gasteiger charge is 2.36. The molecule has 0 saturated carbocycles. The molecule has 0 spiro atoms. The van der Waals surface area contributed by atoms with E-state index >= 15 is 0 Å². The van der Waals surface area contributed by atoms with Crippen LogP contribution < -0.4 is 4.74 Å². The van der Waals surface area contributed by atoms with Gasteiger partial charge in [0.15, 0.2) is 11.6 Å². The number of benzene rings is 2. The average molecular weight is 322 g/mol. The summed E-state index contributed by atoms with van der Waals surface area (Å²) in [7, 11) is 0. The third-order valence-corrected chi connectivity index (χ3v) is 3.82. The zero-order valence-electron chi connectivity index (χ0n) is 13.0. The smallest absolute Gasteiger partial charge is 0.308 e. The van der Waals surface area contributed by atoms with Crippen LogP contribution in [0.3, 0.4) is 0 Å². The fourth-order valence-corrected chi connectivity index (χ4v) is 2.87. The van der Waals surface area contributed by atoms with Gasteiger partial charge >= 0.3 is 5.97 Å². The number of allylic oxidation sites excluding steroid dienone is 1. The summed E-state index contributed by atoms with van der Waals surface area (Å²) < 4.78 is 5.21. The quantitative estimate of drug-likeness (QED) is 0.455. The SMILES string of the molecule is C=CCc1cc(O)c2c(c1OC(C)=O)C(=O)c1ccccc1C2=O. The van der Waals surface area contributed by atoms with Crippen LogP contribution in [0.25, 0.3) is 0 Å². The minimum atomic E-state index is -0.618. The van der Waals surface area contributed by atoms with Crippen LogP contribution >= 0.6 is 0 Å². The van der Waals surface area contributed by atoms with Gasteiger partial charge in [0.05, 0.1) is 11.1 Å². The van der Waals surface area contributed by atoms with E-state index in [1.165, 1.54) is 25.1 Å². The van der Waals surface area contributed by atoms with Crippen molar-refractivity contribution in [1.29, 1.82) is 0 Å². The van der Waals surface area contributed by atoms with Crippen molar-refractivity contribution in [2.45, 2.75) is 13.3 Å². The lowest BCUT2D eigenvalue weighted by Crippen LogP contribution is -2.23. The number of fused-ring (bicyclic) bond motifs is 2. The number of hydrogen-bond donors (Lipinski definition) is 1. The minimum Gasteiger partial charge on any atom is -0.507 e. The van der Waals surface area contributed by atoms with Gasteiger partial charge in [0, 0.05) is 23.6 Å². The Morgan fingerprint density at radius 1 is 1.17 bits per heavy atom. The van der Waals surface area contributed by atoms with Crippen molar-refractivity contribution in [3.05, 3.63) is 70.8 Å². The molecule has 0 fully saturated rings. The predicted molar refractivity (Wildman–Crippen MR) is 86.6 cm³/mol. The highest BCUT2D eigenvalue weighted by atomic mass is 16.5. The molecule has 0 radical (unpaired) electrons. The summed E-state index contributed by atoms with van der Waals surface area (Å²) in [5.41, 5.74) is 0.639. The molecular weight excluding hydrogens is 308 g/mol. The Bertz CT molecular complexity index is 908. The van der Waals surface area contributed by atoms with Gasteiger partial charge in [-0.2, -0.15) is 0 Å². The molecule has 0 heterocycles. The minimum absolute atomic E-state index is 0.00283. The van der Waals surface area contributed by atoms with Crippen LogP contribution in [0.1, 0.15) is 44.3 Å². The first-order chi connectivity index (χ1) is 11.5. The van der Waals surface area contributed by atoms with Crippen LogP contribution in [-0.4, -0.2) is 22.6 Å². The Morgan fingerprint density at radius 3 is 2.29 bits per heavy atom. The van der Waals surface area contributed by atoms with E-state index in [-0.39, 0.29) is 40.2 Å². The van der Waals surface area contributed by atoms with E-state index < -0.39 is 17.5 Å². The molecular formula is C19H14O5. The van der Waals surface area contributed by atoms with E-state index in [4.69, 9.17) is 4.74 Å². The van der Waals surface area contributed by atoms with Crippen LogP contribution in [0, 0.1) is 0 Å². The van der Waals surface area contributed by atoms with Crippen molar-refractivity contribution in [2.75, 3.05) is 0 Å². The number of phenols is 1. The Balaban J connectivity index is 2.36. The van der Waals surface area contributed by atoms with Gasteiger partial charge in [0.2, 0.25) is 0 Å². The topological polar surface area (TPSA) is 80.7 Å². The third-order valence-electron chi connectivity index (χ3n) is 3.82. The normalized spacial score (nSPS) is 12.4. The predicted octanol–water partition coefficient (Wildman–Crippen LogP) is 2.82. The van der Waals surface area contributed by atoms with E-state index in [2.05, 4.69) is 6.58 Å². The van der Waals surface area contributed by atoms with Gasteiger partial charge in [-0.15, -0.1) is 6.58 Å². The number of carbonyl (C=O) groups excluding carboxylic acids is 3. The number of hydrogen-bond acceptors (Lipinski definition) is 5. The average Bonchev–Trinajstić information content (AvgIpc) is 2.54. The molecule has 0 bridgehead atoms. The van der Waals surface area contributed by atoms with E-state index in [1.54, 1.807) is 18.2 Å². The fraction of sp³-hybridized carbons (Fsp3) is 0.105. The fourth-order valence-electron chi connectivity index (χ4n) is 2.87. The molecule has 1 aliphatic carbocycles. The first-order valence-corrected chi connectivity index (χ1v) is 7.32. The highest BCUT2D eigenvalue weighted by Crippen LogP contribution is 2.40. The maximum Gasteiger partial charge on any atom is 0.308 e. The summed E-state index contributed by atoms with van der Waals surface area (Å²) in [4.78, 5) is 37.1. The number of phenolic OH excluding ortho intramolecular Hbond substituents is 1. The van der Waals surface area contributed by atoms with E-state index in [1.807, 2.05) is 0 Å². The summed E-state index contributed by atoms with van der Waals surface area (Å²) in [5, 5.41) is 10.3. The highest BCUT2D eigenvalue weighted by molar-refractivity contribution is 6.30. The van der Waals surface area contributed by atoms with Gasteiger partial charge in [-0.25, -0.2) is 0 Å². The van der Waals surface area contributed by atoms with Gasteiger partial charge in [0.1, 0.15) is 11.5 Å². The largest absolute Gasteiger partial charge is 0.507 e. The lowest BCUT2D eigenvalue weighted by Gasteiger charge is -2.22. The Hall–Kier alpha value is -3.21. The molecule has 0 aliphatic heterocycles. The zero-order chi connectivity index (χ0) is 17.4. The van der Waals surface area contributed by atoms with Crippen molar-refractivity contribution < 1.29 is 24.2 Å². The summed E-state index contributed by atoms with van der Waals surface area (Å²) in [6.45, 7) is 4.82. The molecule has 5 nitrogen and oxygen atoms in total. The lowest BCUT2D eigenvalue weighted by molar-refractivity contribution is -0.131. The first-order valence-electron chi connectivity index (χ1n) is 7.32. The molecule has 120 valence electrons. The summed E-state index contributed by atoms with van der Waals surface area (Å²) in [6, 6.07) is 7.69. The summed E-state index contributed by atoms with van der Waals surface area (Å²) >= 11 is 0. The number of aromatic hydroxyl groups is 1. The zero-order valence-corrected chi connectivity index (χ0v) is 13.0. The molecule has 0 aromatic heterocycles. The maximum absolute atomic E-state index is 12.9. The molecule has 3 rings (SSSR count). The molecule has 5 heteroatoms. The molecule has 0 unspecified atom stereocenters. The molecule has 0 saturated heterocycles. The number of carbonyl (C=O) groups is 3. The molecule has 2 aromatic rings. The van der Waals surface area contributed by atoms with Crippen molar-refractivity contribution in [1.82, 2.24) is 0 Å². The van der Waals surface area contributed by atoms with Crippen molar-refractivity contribution in [3.8, 4) is 11.5 Å². The Labute approximate surface area is 138 Å². The maximum atomic E-state index is 12.9. The second-order valence-electron chi connectivity index (χ2n) is 5.42.